The molecule has 0 radical (unpaired) electrons. The van der Waals surface area contributed by atoms with Crippen LogP contribution < -0.4 is 5.32 Å². The number of fused-ring (bicyclic) bond motifs is 1. The highest BCUT2D eigenvalue weighted by molar-refractivity contribution is 5.83. The van der Waals surface area contributed by atoms with Crippen LogP contribution in [0.25, 0.3) is 10.9 Å². The van der Waals surface area contributed by atoms with Crippen LogP contribution in [0.3, 0.4) is 0 Å². The number of para-hydroxylation sites is 1. The predicted molar refractivity (Wildman–Crippen MR) is 92.5 cm³/mol. The van der Waals surface area contributed by atoms with E-state index in [1.165, 1.54) is 5.39 Å². The third-order valence-electron chi connectivity index (χ3n) is 4.30. The molecule has 1 atom stereocenters. The van der Waals surface area contributed by atoms with Gasteiger partial charge >= 0.3 is 5.97 Å². The molecule has 0 saturated carbocycles. The number of allylic oxidation sites excluding steroid dienone is 2. The van der Waals surface area contributed by atoms with Crippen molar-refractivity contribution in [1.82, 2.24) is 10.3 Å². The minimum absolute atomic E-state index is 0.205. The molecule has 1 aromatic heterocycles. The van der Waals surface area contributed by atoms with Gasteiger partial charge in [-0.15, -0.1) is 0 Å². The molecule has 0 unspecified atom stereocenters. The van der Waals surface area contributed by atoms with Gasteiger partial charge in [-0.2, -0.15) is 0 Å². The topological polar surface area (TPSA) is 71.2 Å². The molecule has 0 fully saturated rings. The Bertz CT molecular complexity index is 748. The maximum atomic E-state index is 11.8. The Labute approximate surface area is 141 Å². The Morgan fingerprint density at radius 1 is 1.29 bits per heavy atom. The summed E-state index contributed by atoms with van der Waals surface area (Å²) in [4.78, 5) is 26.6. The molecule has 5 nitrogen and oxygen atoms in total. The molecule has 2 aromatic rings. The van der Waals surface area contributed by atoms with E-state index in [1.807, 2.05) is 30.5 Å². The Hall–Kier alpha value is -2.56. The van der Waals surface area contributed by atoms with Gasteiger partial charge < -0.3 is 15.0 Å². The number of H-pyrrole nitrogens is 1. The van der Waals surface area contributed by atoms with Crippen molar-refractivity contribution in [3.63, 3.8) is 0 Å². The Morgan fingerprint density at radius 3 is 3.00 bits per heavy atom. The summed E-state index contributed by atoms with van der Waals surface area (Å²) in [7, 11) is 0. The molecule has 5 heteroatoms. The molecule has 1 amide bonds. The number of nitrogens with one attached hydrogen (secondary N) is 2. The number of amides is 1. The van der Waals surface area contributed by atoms with E-state index in [0.717, 1.165) is 30.3 Å². The summed E-state index contributed by atoms with van der Waals surface area (Å²) in [5, 5.41) is 3.96. The number of aromatic nitrogens is 1. The van der Waals surface area contributed by atoms with Gasteiger partial charge in [-0.3, -0.25) is 9.59 Å². The maximum Gasteiger partial charge on any atom is 0.306 e. The Balaban J connectivity index is 1.36. The number of carbonyl (C=O) groups is 2. The first-order chi connectivity index (χ1) is 11.7. The normalized spacial score (nSPS) is 16.4. The summed E-state index contributed by atoms with van der Waals surface area (Å²) in [5.74, 6) is -0.300. The molecule has 1 aromatic carbocycles. The van der Waals surface area contributed by atoms with E-state index < -0.39 is 0 Å². The second-order valence-corrected chi connectivity index (χ2v) is 6.09. The summed E-state index contributed by atoms with van der Waals surface area (Å²) in [6.45, 7) is 0.312. The Kier molecular flexibility index (Phi) is 5.31. The predicted octanol–water partition coefficient (Wildman–Crippen LogP) is 2.73. The molecule has 1 aliphatic carbocycles. The zero-order valence-electron chi connectivity index (χ0n) is 13.6. The number of carbonyl (C=O) groups excluding carboxylic acids is 2. The average molecular weight is 326 g/mol. The SMILES string of the molecule is O=C(COC(=O)C[C@@H]1C=CCC1)NCCc1c[nH]c2ccccc12. The van der Waals surface area contributed by atoms with Gasteiger partial charge in [0.2, 0.25) is 0 Å². The van der Waals surface area contributed by atoms with E-state index in [2.05, 4.69) is 22.4 Å². The highest BCUT2D eigenvalue weighted by atomic mass is 16.5. The monoisotopic (exact) mass is 326 g/mol. The fourth-order valence-corrected chi connectivity index (χ4v) is 3.01. The van der Waals surface area contributed by atoms with Crippen molar-refractivity contribution in [3.05, 3.63) is 48.2 Å². The quantitative estimate of drug-likeness (QED) is 0.607. The lowest BCUT2D eigenvalue weighted by Crippen LogP contribution is -2.30. The Morgan fingerprint density at radius 2 is 2.17 bits per heavy atom. The highest BCUT2D eigenvalue weighted by Crippen LogP contribution is 2.20. The van der Waals surface area contributed by atoms with Gasteiger partial charge in [0, 0.05) is 23.6 Å². The zero-order chi connectivity index (χ0) is 16.8. The lowest BCUT2D eigenvalue weighted by atomic mass is 10.1. The van der Waals surface area contributed by atoms with Gasteiger partial charge in [-0.25, -0.2) is 0 Å². The van der Waals surface area contributed by atoms with E-state index in [0.29, 0.717) is 13.0 Å². The van der Waals surface area contributed by atoms with E-state index in [1.54, 1.807) is 0 Å². The minimum atomic E-state index is -0.307. The molecule has 0 saturated heterocycles. The second-order valence-electron chi connectivity index (χ2n) is 6.09. The first-order valence-corrected chi connectivity index (χ1v) is 8.36. The number of hydrogen-bond donors (Lipinski definition) is 2. The maximum absolute atomic E-state index is 11.8. The molecule has 0 aliphatic heterocycles. The van der Waals surface area contributed by atoms with E-state index in [9.17, 15) is 9.59 Å². The summed E-state index contributed by atoms with van der Waals surface area (Å²) >= 11 is 0. The summed E-state index contributed by atoms with van der Waals surface area (Å²) in [6, 6.07) is 8.07. The minimum Gasteiger partial charge on any atom is -0.456 e. The van der Waals surface area contributed by atoms with Gasteiger partial charge in [0.15, 0.2) is 6.61 Å². The van der Waals surface area contributed by atoms with Crippen molar-refractivity contribution in [2.24, 2.45) is 5.92 Å². The molecular formula is C19H22N2O3. The van der Waals surface area contributed by atoms with Gasteiger partial charge in [0.05, 0.1) is 6.42 Å². The lowest BCUT2D eigenvalue weighted by molar-refractivity contribution is -0.149. The molecule has 126 valence electrons. The van der Waals surface area contributed by atoms with E-state index in [4.69, 9.17) is 4.74 Å². The largest absolute Gasteiger partial charge is 0.456 e. The number of benzene rings is 1. The fraction of sp³-hybridized carbons (Fsp3) is 0.368. The van der Waals surface area contributed by atoms with Crippen LogP contribution in [-0.4, -0.2) is 30.0 Å². The van der Waals surface area contributed by atoms with E-state index in [-0.39, 0.29) is 24.4 Å². The first kappa shape index (κ1) is 16.3. The van der Waals surface area contributed by atoms with Crippen molar-refractivity contribution in [3.8, 4) is 0 Å². The van der Waals surface area contributed by atoms with Crippen molar-refractivity contribution >= 4 is 22.8 Å². The van der Waals surface area contributed by atoms with E-state index >= 15 is 0 Å². The molecule has 24 heavy (non-hydrogen) atoms. The average Bonchev–Trinajstić information content (AvgIpc) is 3.23. The fourth-order valence-electron chi connectivity index (χ4n) is 3.01. The van der Waals surface area contributed by atoms with Gasteiger partial charge in [0.25, 0.3) is 5.91 Å². The molecule has 1 heterocycles. The van der Waals surface area contributed by atoms with Crippen molar-refractivity contribution in [2.45, 2.75) is 25.7 Å². The number of aromatic amines is 1. The molecular weight excluding hydrogens is 304 g/mol. The van der Waals surface area contributed by atoms with Crippen LogP contribution in [0.5, 0.6) is 0 Å². The van der Waals surface area contributed by atoms with Crippen molar-refractivity contribution in [1.29, 1.82) is 0 Å². The molecule has 2 N–H and O–H groups in total. The number of rotatable bonds is 7. The summed E-state index contributed by atoms with van der Waals surface area (Å²) in [6.07, 6.45) is 9.19. The second kappa shape index (κ2) is 7.81. The van der Waals surface area contributed by atoms with Crippen LogP contribution in [0.2, 0.25) is 0 Å². The molecule has 1 aliphatic rings. The molecule has 0 bridgehead atoms. The number of esters is 1. The third kappa shape index (κ3) is 4.25. The smallest absolute Gasteiger partial charge is 0.306 e. The lowest BCUT2D eigenvalue weighted by Gasteiger charge is -2.08. The summed E-state index contributed by atoms with van der Waals surface area (Å²) in [5.41, 5.74) is 2.25. The number of hydrogen-bond acceptors (Lipinski definition) is 3. The van der Waals surface area contributed by atoms with Crippen LogP contribution in [0, 0.1) is 5.92 Å². The first-order valence-electron chi connectivity index (χ1n) is 8.36. The zero-order valence-corrected chi connectivity index (χ0v) is 13.6. The standard InChI is InChI=1S/C19H22N2O3/c22-18(13-24-19(23)11-14-5-1-2-6-14)20-10-9-15-12-21-17-8-4-3-7-16(15)17/h1,3-5,7-8,12,14,21H,2,6,9-11,13H2,(H,20,22)/t14-/m1/s1. The van der Waals surface area contributed by atoms with Gasteiger partial charge in [0.1, 0.15) is 0 Å². The molecule has 0 spiro atoms. The van der Waals surface area contributed by atoms with Crippen LogP contribution in [0.15, 0.2) is 42.6 Å². The van der Waals surface area contributed by atoms with Gasteiger partial charge in [-0.1, -0.05) is 30.4 Å². The van der Waals surface area contributed by atoms with Crippen LogP contribution in [0.1, 0.15) is 24.8 Å². The van der Waals surface area contributed by atoms with Crippen LogP contribution >= 0.6 is 0 Å². The summed E-state index contributed by atoms with van der Waals surface area (Å²) < 4.78 is 5.03. The number of ether oxygens (including phenoxy) is 1. The van der Waals surface area contributed by atoms with Gasteiger partial charge in [-0.05, 0) is 36.8 Å². The van der Waals surface area contributed by atoms with Crippen LogP contribution in [0.4, 0.5) is 0 Å². The third-order valence-corrected chi connectivity index (χ3v) is 4.30. The molecule has 3 rings (SSSR count). The van der Waals surface area contributed by atoms with Crippen LogP contribution in [-0.2, 0) is 20.7 Å². The van der Waals surface area contributed by atoms with Crippen molar-refractivity contribution < 1.29 is 14.3 Å². The highest BCUT2D eigenvalue weighted by Gasteiger charge is 2.15. The van der Waals surface area contributed by atoms with Crippen molar-refractivity contribution in [2.75, 3.05) is 13.2 Å².